The van der Waals surface area contributed by atoms with Crippen LogP contribution in [0.2, 0.25) is 0 Å². The highest BCUT2D eigenvalue weighted by atomic mass is 16.5. The van der Waals surface area contributed by atoms with Crippen molar-refractivity contribution in [2.75, 3.05) is 39.5 Å². The second-order valence-electron chi connectivity index (χ2n) is 4.48. The van der Waals surface area contributed by atoms with E-state index in [4.69, 9.17) is 9.47 Å². The summed E-state index contributed by atoms with van der Waals surface area (Å²) in [5, 5.41) is 0. The Morgan fingerprint density at radius 2 is 1.89 bits per heavy atom. The van der Waals surface area contributed by atoms with Crippen LogP contribution in [0.3, 0.4) is 0 Å². The van der Waals surface area contributed by atoms with Crippen LogP contribution in [0.4, 0.5) is 0 Å². The third kappa shape index (κ3) is 6.71. The van der Waals surface area contributed by atoms with Crippen molar-refractivity contribution in [3.05, 3.63) is 0 Å². The number of esters is 1. The number of piperidine rings is 1. The number of likely N-dealkylation sites (tertiary alicyclic amines) is 1. The molecule has 1 fully saturated rings. The first-order valence-electron chi connectivity index (χ1n) is 6.69. The van der Waals surface area contributed by atoms with Gasteiger partial charge in [-0.25, -0.2) is 0 Å². The van der Waals surface area contributed by atoms with E-state index >= 15 is 0 Å². The molecule has 1 rings (SSSR count). The predicted molar refractivity (Wildman–Crippen MR) is 67.4 cm³/mol. The zero-order valence-corrected chi connectivity index (χ0v) is 11.2. The van der Waals surface area contributed by atoms with E-state index in [0.29, 0.717) is 13.2 Å². The van der Waals surface area contributed by atoms with Crippen molar-refractivity contribution < 1.29 is 19.1 Å². The Morgan fingerprint density at radius 3 is 2.56 bits per heavy atom. The van der Waals surface area contributed by atoms with E-state index in [2.05, 4.69) is 4.90 Å². The largest absolute Gasteiger partial charge is 0.466 e. The Balaban J connectivity index is 1.99. The molecule has 0 aromatic heterocycles. The van der Waals surface area contributed by atoms with Gasteiger partial charge in [0.15, 0.2) is 5.78 Å². The molecule has 0 N–H and O–H groups in total. The molecule has 1 aliphatic heterocycles. The van der Waals surface area contributed by atoms with Crippen LogP contribution in [-0.2, 0) is 19.1 Å². The first-order chi connectivity index (χ1) is 8.72. The van der Waals surface area contributed by atoms with Crippen molar-refractivity contribution >= 4 is 11.8 Å². The lowest BCUT2D eigenvalue weighted by atomic mass is 10.1. The number of carbonyl (C=O) groups excluding carboxylic acids is 2. The minimum absolute atomic E-state index is 0.00660. The lowest BCUT2D eigenvalue weighted by Crippen LogP contribution is -2.33. The normalized spacial score (nSPS) is 16.5. The molecule has 0 unspecified atom stereocenters. The van der Waals surface area contributed by atoms with Crippen molar-refractivity contribution in [3.63, 3.8) is 0 Å². The lowest BCUT2D eigenvalue weighted by Gasteiger charge is -2.25. The van der Waals surface area contributed by atoms with Gasteiger partial charge in [0.25, 0.3) is 0 Å². The summed E-state index contributed by atoms with van der Waals surface area (Å²) in [6, 6.07) is 0. The van der Waals surface area contributed by atoms with E-state index < -0.39 is 5.97 Å². The smallest absolute Gasteiger partial charge is 0.313 e. The minimum atomic E-state index is -0.470. The van der Waals surface area contributed by atoms with Gasteiger partial charge in [-0.2, -0.15) is 0 Å². The van der Waals surface area contributed by atoms with Crippen LogP contribution >= 0.6 is 0 Å². The summed E-state index contributed by atoms with van der Waals surface area (Å²) in [4.78, 5) is 24.7. The van der Waals surface area contributed by atoms with Gasteiger partial charge in [0, 0.05) is 6.54 Å². The van der Waals surface area contributed by atoms with Crippen molar-refractivity contribution in [1.29, 1.82) is 0 Å². The maximum Gasteiger partial charge on any atom is 0.313 e. The summed E-state index contributed by atoms with van der Waals surface area (Å²) < 4.78 is 9.97. The third-order valence-electron chi connectivity index (χ3n) is 2.91. The summed E-state index contributed by atoms with van der Waals surface area (Å²) in [7, 11) is 0. The molecule has 0 aliphatic carbocycles. The predicted octanol–water partition coefficient (Wildman–Crippen LogP) is 1.01. The SMILES string of the molecule is CCOC(=O)CC(=O)COCCN1CCCCC1. The first-order valence-corrected chi connectivity index (χ1v) is 6.69. The summed E-state index contributed by atoms with van der Waals surface area (Å²) in [6.07, 6.45) is 3.64. The molecule has 18 heavy (non-hydrogen) atoms. The van der Waals surface area contributed by atoms with E-state index in [1.807, 2.05) is 0 Å². The van der Waals surface area contributed by atoms with Gasteiger partial charge >= 0.3 is 5.97 Å². The van der Waals surface area contributed by atoms with Gasteiger partial charge in [-0.15, -0.1) is 0 Å². The fourth-order valence-corrected chi connectivity index (χ4v) is 1.99. The van der Waals surface area contributed by atoms with E-state index in [0.717, 1.165) is 19.6 Å². The highest BCUT2D eigenvalue weighted by Gasteiger charge is 2.12. The standard InChI is InChI=1S/C13H23NO4/c1-2-18-13(16)10-12(15)11-17-9-8-14-6-4-3-5-7-14/h2-11H2,1H3. The lowest BCUT2D eigenvalue weighted by molar-refractivity contribution is -0.146. The summed E-state index contributed by atoms with van der Waals surface area (Å²) in [5.41, 5.74) is 0. The van der Waals surface area contributed by atoms with Crippen molar-refractivity contribution in [2.24, 2.45) is 0 Å². The van der Waals surface area contributed by atoms with Gasteiger partial charge in [-0.1, -0.05) is 6.42 Å². The van der Waals surface area contributed by atoms with Gasteiger partial charge in [0.2, 0.25) is 0 Å². The van der Waals surface area contributed by atoms with Gasteiger partial charge in [-0.05, 0) is 32.9 Å². The molecule has 0 aromatic rings. The molecule has 0 aromatic carbocycles. The number of ether oxygens (including phenoxy) is 2. The first kappa shape index (κ1) is 15.1. The molecule has 0 saturated carbocycles. The van der Waals surface area contributed by atoms with Crippen LogP contribution < -0.4 is 0 Å². The molecule has 5 heteroatoms. The van der Waals surface area contributed by atoms with Crippen molar-refractivity contribution in [1.82, 2.24) is 4.90 Å². The van der Waals surface area contributed by atoms with Gasteiger partial charge in [-0.3, -0.25) is 9.59 Å². The number of carbonyl (C=O) groups is 2. The Hall–Kier alpha value is -0.940. The zero-order valence-electron chi connectivity index (χ0n) is 11.2. The molecular weight excluding hydrogens is 234 g/mol. The molecule has 0 bridgehead atoms. The average molecular weight is 257 g/mol. The molecule has 0 amide bonds. The van der Waals surface area contributed by atoms with Crippen LogP contribution in [-0.4, -0.2) is 56.1 Å². The number of rotatable bonds is 8. The number of hydrogen-bond donors (Lipinski definition) is 0. The Morgan fingerprint density at radius 1 is 1.17 bits per heavy atom. The second-order valence-corrected chi connectivity index (χ2v) is 4.48. The van der Waals surface area contributed by atoms with Crippen molar-refractivity contribution in [2.45, 2.75) is 32.6 Å². The number of Topliss-reactive ketones (excluding diaryl/α,β-unsaturated/α-hetero) is 1. The molecule has 5 nitrogen and oxygen atoms in total. The number of hydrogen-bond acceptors (Lipinski definition) is 5. The number of ketones is 1. The molecule has 1 saturated heterocycles. The summed E-state index contributed by atoms with van der Waals surface area (Å²) in [5.74, 6) is -0.686. The monoisotopic (exact) mass is 257 g/mol. The van der Waals surface area contributed by atoms with Gasteiger partial charge in [0.1, 0.15) is 13.0 Å². The average Bonchev–Trinajstić information content (AvgIpc) is 2.36. The molecule has 104 valence electrons. The zero-order chi connectivity index (χ0) is 13.2. The fourth-order valence-electron chi connectivity index (χ4n) is 1.99. The van der Waals surface area contributed by atoms with E-state index in [9.17, 15) is 9.59 Å². The third-order valence-corrected chi connectivity index (χ3v) is 2.91. The Kier molecular flexibility index (Phi) is 7.60. The Labute approximate surface area is 108 Å². The molecule has 1 aliphatic rings. The maximum absolute atomic E-state index is 11.3. The Bertz CT molecular complexity index is 262. The van der Waals surface area contributed by atoms with Gasteiger partial charge < -0.3 is 14.4 Å². The molecular formula is C13H23NO4. The summed E-state index contributed by atoms with van der Waals surface area (Å²) >= 11 is 0. The van der Waals surface area contributed by atoms with Gasteiger partial charge in [0.05, 0.1) is 13.2 Å². The highest BCUT2D eigenvalue weighted by molar-refractivity contribution is 5.96. The van der Waals surface area contributed by atoms with Crippen LogP contribution in [0.25, 0.3) is 0 Å². The topological polar surface area (TPSA) is 55.8 Å². The second kappa shape index (κ2) is 9.05. The quantitative estimate of drug-likeness (QED) is 0.369. The highest BCUT2D eigenvalue weighted by Crippen LogP contribution is 2.07. The van der Waals surface area contributed by atoms with Crippen LogP contribution in [0.15, 0.2) is 0 Å². The fraction of sp³-hybridized carbons (Fsp3) is 0.846. The van der Waals surface area contributed by atoms with Crippen LogP contribution in [0.5, 0.6) is 0 Å². The van der Waals surface area contributed by atoms with E-state index in [1.54, 1.807) is 6.92 Å². The maximum atomic E-state index is 11.3. The number of nitrogens with zero attached hydrogens (tertiary/aromatic N) is 1. The molecule has 1 heterocycles. The molecule has 0 spiro atoms. The molecule has 0 radical (unpaired) electrons. The van der Waals surface area contributed by atoms with Crippen molar-refractivity contribution in [3.8, 4) is 0 Å². The van der Waals surface area contributed by atoms with E-state index in [-0.39, 0.29) is 18.8 Å². The minimum Gasteiger partial charge on any atom is -0.466 e. The van der Waals surface area contributed by atoms with Crippen LogP contribution in [0, 0.1) is 0 Å². The summed E-state index contributed by atoms with van der Waals surface area (Å²) in [6.45, 7) is 5.70. The molecule has 0 atom stereocenters. The van der Waals surface area contributed by atoms with Crippen LogP contribution in [0.1, 0.15) is 32.6 Å². The van der Waals surface area contributed by atoms with E-state index in [1.165, 1.54) is 19.3 Å².